The molecule has 1 fully saturated rings. The molecule has 128 valence electrons. The van der Waals surface area contributed by atoms with Crippen molar-refractivity contribution in [3.8, 4) is 0 Å². The van der Waals surface area contributed by atoms with Crippen molar-refractivity contribution in [2.75, 3.05) is 13.1 Å². The van der Waals surface area contributed by atoms with Gasteiger partial charge in [-0.15, -0.1) is 0 Å². The van der Waals surface area contributed by atoms with Crippen molar-refractivity contribution in [3.63, 3.8) is 0 Å². The number of hydrogen-bond donors (Lipinski definition) is 1. The van der Waals surface area contributed by atoms with E-state index in [1.165, 1.54) is 0 Å². The molecule has 1 amide bonds. The van der Waals surface area contributed by atoms with E-state index in [0.29, 0.717) is 5.56 Å². The minimum atomic E-state index is -4.59. The zero-order valence-corrected chi connectivity index (χ0v) is 13.1. The summed E-state index contributed by atoms with van der Waals surface area (Å²) in [6.45, 7) is 2.57. The predicted octanol–water partition coefficient (Wildman–Crippen LogP) is 3.41. The molecule has 1 N–H and O–H groups in total. The first-order valence-electron chi connectivity index (χ1n) is 7.96. The lowest BCUT2D eigenvalue weighted by molar-refractivity contribution is -0.222. The van der Waals surface area contributed by atoms with Gasteiger partial charge in [0, 0.05) is 18.7 Å². The van der Waals surface area contributed by atoms with Gasteiger partial charge in [0.1, 0.15) is 0 Å². The number of aryl methyl sites for hydroxylation is 1. The standard InChI is InChI=1S/C17H22F3NO2/c1-2-3-12-4-6-14(7-5-12)16(23)21-10-8-13(9-11-21)15(22)17(18,19)20/h4-7,13,15,22H,2-3,8-11H2,1H3. The van der Waals surface area contributed by atoms with Crippen LogP contribution in [-0.4, -0.2) is 41.3 Å². The highest BCUT2D eigenvalue weighted by molar-refractivity contribution is 5.94. The van der Waals surface area contributed by atoms with Crippen LogP contribution in [-0.2, 0) is 6.42 Å². The van der Waals surface area contributed by atoms with E-state index in [-0.39, 0.29) is 31.8 Å². The Morgan fingerprint density at radius 2 is 1.83 bits per heavy atom. The van der Waals surface area contributed by atoms with E-state index in [9.17, 15) is 23.1 Å². The molecule has 0 aliphatic carbocycles. The third kappa shape index (κ3) is 4.47. The Balaban J connectivity index is 1.93. The Labute approximate surface area is 134 Å². The molecule has 0 bridgehead atoms. The number of benzene rings is 1. The van der Waals surface area contributed by atoms with E-state index in [4.69, 9.17) is 0 Å². The summed E-state index contributed by atoms with van der Waals surface area (Å²) in [4.78, 5) is 13.9. The minimum Gasteiger partial charge on any atom is -0.383 e. The van der Waals surface area contributed by atoms with Gasteiger partial charge in [-0.25, -0.2) is 0 Å². The van der Waals surface area contributed by atoms with Gasteiger partial charge in [0.05, 0.1) is 0 Å². The molecule has 0 saturated carbocycles. The largest absolute Gasteiger partial charge is 0.414 e. The van der Waals surface area contributed by atoms with Gasteiger partial charge in [0.2, 0.25) is 0 Å². The maximum absolute atomic E-state index is 12.5. The molecule has 1 heterocycles. The number of carbonyl (C=O) groups excluding carboxylic acids is 1. The zero-order chi connectivity index (χ0) is 17.0. The van der Waals surface area contributed by atoms with Crippen LogP contribution in [0.4, 0.5) is 13.2 Å². The first-order valence-corrected chi connectivity index (χ1v) is 7.96. The van der Waals surface area contributed by atoms with Crippen LogP contribution in [0, 0.1) is 5.92 Å². The highest BCUT2D eigenvalue weighted by atomic mass is 19.4. The van der Waals surface area contributed by atoms with Gasteiger partial charge in [-0.1, -0.05) is 25.5 Å². The van der Waals surface area contributed by atoms with Gasteiger partial charge in [-0.3, -0.25) is 4.79 Å². The predicted molar refractivity (Wildman–Crippen MR) is 81.1 cm³/mol. The summed E-state index contributed by atoms with van der Waals surface area (Å²) in [5, 5.41) is 9.30. The van der Waals surface area contributed by atoms with Gasteiger partial charge in [0.15, 0.2) is 6.10 Å². The fourth-order valence-corrected chi connectivity index (χ4v) is 2.97. The summed E-state index contributed by atoms with van der Waals surface area (Å²) in [6, 6.07) is 7.36. The van der Waals surface area contributed by atoms with Crippen LogP contribution in [0.3, 0.4) is 0 Å². The summed E-state index contributed by atoms with van der Waals surface area (Å²) in [6.07, 6.45) is -4.57. The highest BCUT2D eigenvalue weighted by Crippen LogP contribution is 2.31. The third-order valence-corrected chi connectivity index (χ3v) is 4.35. The SMILES string of the molecule is CCCc1ccc(C(=O)N2CCC(C(O)C(F)(F)F)CC2)cc1. The number of aliphatic hydroxyl groups is 1. The summed E-state index contributed by atoms with van der Waals surface area (Å²) in [5.41, 5.74) is 1.72. The summed E-state index contributed by atoms with van der Waals surface area (Å²) in [7, 11) is 0. The Morgan fingerprint density at radius 1 is 1.26 bits per heavy atom. The molecule has 1 atom stereocenters. The van der Waals surface area contributed by atoms with E-state index >= 15 is 0 Å². The van der Waals surface area contributed by atoms with Gasteiger partial charge in [-0.2, -0.15) is 13.2 Å². The number of halogens is 3. The molecule has 1 aromatic rings. The molecule has 0 spiro atoms. The van der Waals surface area contributed by atoms with E-state index in [2.05, 4.69) is 6.92 Å². The highest BCUT2D eigenvalue weighted by Gasteiger charge is 2.44. The van der Waals surface area contributed by atoms with Crippen molar-refractivity contribution in [1.82, 2.24) is 4.90 Å². The molecule has 2 rings (SSSR count). The molecule has 3 nitrogen and oxygen atoms in total. The van der Waals surface area contributed by atoms with Crippen LogP contribution in [0.1, 0.15) is 42.1 Å². The minimum absolute atomic E-state index is 0.159. The summed E-state index contributed by atoms with van der Waals surface area (Å²) in [5.74, 6) is -0.987. The Kier molecular flexibility index (Phi) is 5.68. The fraction of sp³-hybridized carbons (Fsp3) is 0.588. The van der Waals surface area contributed by atoms with Crippen molar-refractivity contribution >= 4 is 5.91 Å². The van der Waals surface area contributed by atoms with Crippen molar-refractivity contribution in [1.29, 1.82) is 0 Å². The van der Waals surface area contributed by atoms with Crippen LogP contribution in [0.5, 0.6) is 0 Å². The quantitative estimate of drug-likeness (QED) is 0.919. The second-order valence-electron chi connectivity index (χ2n) is 6.06. The molecule has 1 unspecified atom stereocenters. The van der Waals surface area contributed by atoms with Crippen molar-refractivity contribution in [3.05, 3.63) is 35.4 Å². The third-order valence-electron chi connectivity index (χ3n) is 4.35. The average Bonchev–Trinajstić information content (AvgIpc) is 2.54. The van der Waals surface area contributed by atoms with E-state index in [1.54, 1.807) is 17.0 Å². The van der Waals surface area contributed by atoms with Crippen LogP contribution < -0.4 is 0 Å². The molecule has 6 heteroatoms. The normalized spacial score (nSPS) is 18.0. The smallest absolute Gasteiger partial charge is 0.383 e. The monoisotopic (exact) mass is 329 g/mol. The average molecular weight is 329 g/mol. The van der Waals surface area contributed by atoms with E-state index in [0.717, 1.165) is 18.4 Å². The van der Waals surface area contributed by atoms with Crippen molar-refractivity contribution < 1.29 is 23.1 Å². The zero-order valence-electron chi connectivity index (χ0n) is 13.1. The maximum atomic E-state index is 12.5. The Bertz CT molecular complexity index is 520. The van der Waals surface area contributed by atoms with E-state index in [1.807, 2.05) is 12.1 Å². The maximum Gasteiger partial charge on any atom is 0.414 e. The first-order chi connectivity index (χ1) is 10.8. The lowest BCUT2D eigenvalue weighted by Gasteiger charge is -2.34. The lowest BCUT2D eigenvalue weighted by atomic mass is 9.90. The number of piperidine rings is 1. The number of nitrogens with zero attached hydrogens (tertiary/aromatic N) is 1. The number of amides is 1. The molecular formula is C17H22F3NO2. The Morgan fingerprint density at radius 3 is 2.30 bits per heavy atom. The van der Waals surface area contributed by atoms with Gasteiger partial charge < -0.3 is 10.0 Å². The van der Waals surface area contributed by atoms with Crippen molar-refractivity contribution in [2.24, 2.45) is 5.92 Å². The van der Waals surface area contributed by atoms with Gasteiger partial charge in [-0.05, 0) is 42.9 Å². The second kappa shape index (κ2) is 7.34. The van der Waals surface area contributed by atoms with Crippen LogP contribution in [0.25, 0.3) is 0 Å². The molecule has 1 aromatic carbocycles. The molecule has 1 aliphatic heterocycles. The molecule has 23 heavy (non-hydrogen) atoms. The number of carbonyl (C=O) groups is 1. The number of aliphatic hydroxyl groups excluding tert-OH is 1. The van der Waals surface area contributed by atoms with Crippen LogP contribution >= 0.6 is 0 Å². The second-order valence-corrected chi connectivity index (χ2v) is 6.06. The number of rotatable bonds is 4. The first kappa shape index (κ1) is 17.8. The molecule has 0 aromatic heterocycles. The summed E-state index contributed by atoms with van der Waals surface area (Å²) >= 11 is 0. The number of alkyl halides is 3. The van der Waals surface area contributed by atoms with Crippen LogP contribution in [0.15, 0.2) is 24.3 Å². The Hall–Kier alpha value is -1.56. The lowest BCUT2D eigenvalue weighted by Crippen LogP contribution is -2.45. The summed E-state index contributed by atoms with van der Waals surface area (Å²) < 4.78 is 37.6. The number of hydrogen-bond acceptors (Lipinski definition) is 2. The molecule has 1 saturated heterocycles. The molecular weight excluding hydrogens is 307 g/mol. The van der Waals surface area contributed by atoms with Gasteiger partial charge >= 0.3 is 6.18 Å². The molecule has 1 aliphatic rings. The topological polar surface area (TPSA) is 40.5 Å². The molecule has 0 radical (unpaired) electrons. The van der Waals surface area contributed by atoms with Crippen molar-refractivity contribution in [2.45, 2.75) is 44.9 Å². The van der Waals surface area contributed by atoms with Gasteiger partial charge in [0.25, 0.3) is 5.91 Å². The van der Waals surface area contributed by atoms with Crippen LogP contribution in [0.2, 0.25) is 0 Å². The number of likely N-dealkylation sites (tertiary alicyclic amines) is 1. The fourth-order valence-electron chi connectivity index (χ4n) is 2.97. The van der Waals surface area contributed by atoms with E-state index < -0.39 is 18.2 Å².